The molecule has 0 radical (unpaired) electrons. The van der Waals surface area contributed by atoms with Gasteiger partial charge in [0.25, 0.3) is 5.91 Å². The monoisotopic (exact) mass is 302 g/mol. The average molecular weight is 302 g/mol. The summed E-state index contributed by atoms with van der Waals surface area (Å²) in [6.45, 7) is 4.52. The number of aromatic nitrogens is 3. The van der Waals surface area contributed by atoms with E-state index in [0.29, 0.717) is 37.3 Å². The smallest absolute Gasteiger partial charge is 0.257 e. The Bertz CT molecular complexity index is 678. The molecular weight excluding hydrogens is 288 g/mol. The van der Waals surface area contributed by atoms with Crippen molar-refractivity contribution in [2.24, 2.45) is 0 Å². The second-order valence-electron chi connectivity index (χ2n) is 4.83. The molecule has 1 N–H and O–H groups in total. The molecule has 8 heteroatoms. The fourth-order valence-corrected chi connectivity index (χ4v) is 3.26. The highest BCUT2D eigenvalue weighted by Crippen LogP contribution is 2.28. The number of H-pyrrole nitrogens is 1. The molecule has 2 aromatic rings. The van der Waals surface area contributed by atoms with Crippen molar-refractivity contribution in [2.75, 3.05) is 31.1 Å². The molecule has 0 saturated carbocycles. The zero-order chi connectivity index (χ0) is 14.8. The largest absolute Gasteiger partial charge is 0.358 e. The van der Waals surface area contributed by atoms with E-state index in [1.165, 1.54) is 17.7 Å². The van der Waals surface area contributed by atoms with E-state index in [2.05, 4.69) is 25.5 Å². The van der Waals surface area contributed by atoms with Crippen LogP contribution in [0.15, 0.2) is 12.4 Å². The van der Waals surface area contributed by atoms with Crippen molar-refractivity contribution in [1.29, 1.82) is 5.26 Å². The van der Waals surface area contributed by atoms with E-state index < -0.39 is 0 Å². The maximum Gasteiger partial charge on any atom is 0.257 e. The van der Waals surface area contributed by atoms with Crippen LogP contribution in [0.25, 0.3) is 0 Å². The molecule has 21 heavy (non-hydrogen) atoms. The van der Waals surface area contributed by atoms with Crippen LogP contribution in [-0.2, 0) is 0 Å². The first-order valence-electron chi connectivity index (χ1n) is 6.60. The Morgan fingerprint density at radius 2 is 2.19 bits per heavy atom. The Balaban J connectivity index is 1.68. The number of aryl methyl sites for hydroxylation is 1. The van der Waals surface area contributed by atoms with Crippen molar-refractivity contribution >= 4 is 22.4 Å². The van der Waals surface area contributed by atoms with Gasteiger partial charge in [-0.1, -0.05) is 0 Å². The van der Waals surface area contributed by atoms with E-state index in [4.69, 9.17) is 0 Å². The number of rotatable bonds is 2. The van der Waals surface area contributed by atoms with Crippen LogP contribution in [0.4, 0.5) is 5.00 Å². The van der Waals surface area contributed by atoms with Crippen molar-refractivity contribution in [3.05, 3.63) is 29.2 Å². The van der Waals surface area contributed by atoms with Crippen LogP contribution in [0.1, 0.15) is 21.6 Å². The highest BCUT2D eigenvalue weighted by atomic mass is 32.1. The number of nitrogens with one attached hydrogen (secondary N) is 1. The topological polar surface area (TPSA) is 88.9 Å². The Labute approximate surface area is 126 Å². The minimum Gasteiger partial charge on any atom is -0.358 e. The van der Waals surface area contributed by atoms with Crippen molar-refractivity contribution < 1.29 is 4.79 Å². The third-order valence-corrected chi connectivity index (χ3v) is 4.56. The van der Waals surface area contributed by atoms with Crippen LogP contribution in [0.2, 0.25) is 0 Å². The van der Waals surface area contributed by atoms with Crippen LogP contribution < -0.4 is 4.90 Å². The van der Waals surface area contributed by atoms with Crippen LogP contribution in [0.5, 0.6) is 0 Å². The summed E-state index contributed by atoms with van der Waals surface area (Å²) in [6.07, 6.45) is 3.14. The third kappa shape index (κ3) is 2.48. The lowest BCUT2D eigenvalue weighted by molar-refractivity contribution is 0.0747. The van der Waals surface area contributed by atoms with E-state index in [1.807, 2.05) is 6.92 Å². The third-order valence-electron chi connectivity index (χ3n) is 3.56. The van der Waals surface area contributed by atoms with Gasteiger partial charge in [0.1, 0.15) is 16.6 Å². The molecule has 0 bridgehead atoms. The van der Waals surface area contributed by atoms with E-state index in [9.17, 15) is 10.1 Å². The first-order chi connectivity index (χ1) is 10.2. The van der Waals surface area contributed by atoms with Crippen LogP contribution in [-0.4, -0.2) is 51.6 Å². The van der Waals surface area contributed by atoms with Gasteiger partial charge in [-0.25, -0.2) is 0 Å². The summed E-state index contributed by atoms with van der Waals surface area (Å²) in [6, 6.07) is 2.21. The van der Waals surface area contributed by atoms with E-state index in [1.54, 1.807) is 11.1 Å². The zero-order valence-corrected chi connectivity index (χ0v) is 12.4. The molecule has 1 aliphatic rings. The van der Waals surface area contributed by atoms with Crippen molar-refractivity contribution in [1.82, 2.24) is 19.5 Å². The maximum absolute atomic E-state index is 12.2. The lowest BCUT2D eigenvalue weighted by Crippen LogP contribution is -2.48. The summed E-state index contributed by atoms with van der Waals surface area (Å²) in [7, 11) is 0. The highest BCUT2D eigenvalue weighted by molar-refractivity contribution is 7.10. The molecule has 2 aromatic heterocycles. The molecule has 1 saturated heterocycles. The fraction of sp³-hybridized carbons (Fsp3) is 0.385. The molecule has 3 heterocycles. The Hall–Kier alpha value is -2.40. The molecule has 0 aromatic carbocycles. The summed E-state index contributed by atoms with van der Waals surface area (Å²) >= 11 is 1.35. The molecule has 108 valence electrons. The lowest BCUT2D eigenvalue weighted by atomic mass is 10.2. The molecule has 1 fully saturated rings. The summed E-state index contributed by atoms with van der Waals surface area (Å²) < 4.78 is 4.24. The molecule has 0 spiro atoms. The van der Waals surface area contributed by atoms with Crippen molar-refractivity contribution in [3.8, 4) is 6.07 Å². The maximum atomic E-state index is 12.2. The van der Waals surface area contributed by atoms with Crippen LogP contribution in [0.3, 0.4) is 0 Å². The number of amides is 1. The summed E-state index contributed by atoms with van der Waals surface area (Å²) in [5.74, 6) is -0.00982. The van der Waals surface area contributed by atoms with Gasteiger partial charge >= 0.3 is 0 Å². The zero-order valence-electron chi connectivity index (χ0n) is 11.5. The standard InChI is InChI=1S/C13H14N6OS/c1-9-11(6-14)13(21-17-9)19-4-2-18(3-5-19)12(20)10-7-15-16-8-10/h7-8H,2-5H2,1H3,(H,15,16). The van der Waals surface area contributed by atoms with Gasteiger partial charge in [0.2, 0.25) is 0 Å². The number of nitriles is 1. The predicted octanol–water partition coefficient (Wildman–Crippen LogP) is 1.01. The molecule has 7 nitrogen and oxygen atoms in total. The van der Waals surface area contributed by atoms with Gasteiger partial charge in [-0.15, -0.1) is 0 Å². The Morgan fingerprint density at radius 1 is 1.43 bits per heavy atom. The molecule has 0 unspecified atom stereocenters. The molecule has 0 atom stereocenters. The number of nitrogens with zero attached hydrogens (tertiary/aromatic N) is 5. The van der Waals surface area contributed by atoms with Gasteiger partial charge in [0, 0.05) is 32.4 Å². The quantitative estimate of drug-likeness (QED) is 0.894. The SMILES string of the molecule is Cc1nsc(N2CCN(C(=O)c3cn[nH]c3)CC2)c1C#N. The average Bonchev–Trinajstić information content (AvgIpc) is 3.16. The second-order valence-corrected chi connectivity index (χ2v) is 5.58. The van der Waals surface area contributed by atoms with Crippen LogP contribution in [0, 0.1) is 18.3 Å². The second kappa shape index (κ2) is 5.54. The molecular formula is C13H14N6OS. The highest BCUT2D eigenvalue weighted by Gasteiger charge is 2.25. The fourth-order valence-electron chi connectivity index (χ4n) is 2.37. The van der Waals surface area contributed by atoms with E-state index in [-0.39, 0.29) is 5.91 Å². The number of carbonyl (C=O) groups is 1. The summed E-state index contributed by atoms with van der Waals surface area (Å²) in [5.41, 5.74) is 2.00. The number of aromatic amines is 1. The van der Waals surface area contributed by atoms with Gasteiger partial charge in [-0.2, -0.15) is 14.7 Å². The Kier molecular flexibility index (Phi) is 3.58. The van der Waals surface area contributed by atoms with E-state index >= 15 is 0 Å². The molecule has 1 aliphatic heterocycles. The van der Waals surface area contributed by atoms with Crippen LogP contribution >= 0.6 is 11.5 Å². The van der Waals surface area contributed by atoms with Gasteiger partial charge in [-0.3, -0.25) is 9.89 Å². The normalized spacial score (nSPS) is 15.0. The van der Waals surface area contributed by atoms with Crippen molar-refractivity contribution in [2.45, 2.75) is 6.92 Å². The van der Waals surface area contributed by atoms with Gasteiger partial charge in [-0.05, 0) is 18.5 Å². The van der Waals surface area contributed by atoms with Gasteiger partial charge in [0.05, 0.1) is 17.5 Å². The number of piperazine rings is 1. The van der Waals surface area contributed by atoms with Crippen molar-refractivity contribution in [3.63, 3.8) is 0 Å². The molecule has 3 rings (SSSR count). The minimum atomic E-state index is -0.00982. The summed E-state index contributed by atoms with van der Waals surface area (Å²) in [4.78, 5) is 16.2. The number of anilines is 1. The molecule has 1 amide bonds. The lowest BCUT2D eigenvalue weighted by Gasteiger charge is -2.35. The molecule has 0 aliphatic carbocycles. The first-order valence-corrected chi connectivity index (χ1v) is 7.37. The predicted molar refractivity (Wildman–Crippen MR) is 78.3 cm³/mol. The number of carbonyl (C=O) groups excluding carboxylic acids is 1. The van der Waals surface area contributed by atoms with Gasteiger partial charge in [0.15, 0.2) is 0 Å². The van der Waals surface area contributed by atoms with Gasteiger partial charge < -0.3 is 9.80 Å². The summed E-state index contributed by atoms with van der Waals surface area (Å²) in [5, 5.41) is 16.6. The minimum absolute atomic E-state index is 0.00982. The number of hydrogen-bond donors (Lipinski definition) is 1. The number of hydrogen-bond acceptors (Lipinski definition) is 6. The van der Waals surface area contributed by atoms with E-state index in [0.717, 1.165) is 10.7 Å². The first kappa shape index (κ1) is 13.6. The Morgan fingerprint density at radius 3 is 2.81 bits per heavy atom.